The lowest BCUT2D eigenvalue weighted by atomic mass is 10.1. The van der Waals surface area contributed by atoms with Gasteiger partial charge in [-0.2, -0.15) is 5.10 Å². The van der Waals surface area contributed by atoms with Crippen molar-refractivity contribution in [2.45, 2.75) is 13.3 Å². The quantitative estimate of drug-likeness (QED) is 0.589. The van der Waals surface area contributed by atoms with Crippen LogP contribution in [0.4, 0.5) is 0 Å². The molecule has 2 heterocycles. The van der Waals surface area contributed by atoms with Crippen molar-refractivity contribution in [3.05, 3.63) is 17.0 Å². The molecule has 0 radical (unpaired) electrons. The second-order valence-electron chi connectivity index (χ2n) is 3.04. The van der Waals surface area contributed by atoms with Gasteiger partial charge in [0.1, 0.15) is 0 Å². The van der Waals surface area contributed by atoms with Crippen LogP contribution in [0.2, 0.25) is 0 Å². The molecular weight excluding hydrogens is 154 g/mol. The average Bonchev–Trinajstić information content (AvgIpc) is 2.32. The summed E-state index contributed by atoms with van der Waals surface area (Å²) in [6.07, 6.45) is 0.904. The zero-order valence-corrected chi connectivity index (χ0v) is 7.22. The SMILES string of the molecule is Cc1c2c(nn1C)C(=O)NCC2. The first kappa shape index (κ1) is 7.34. The Morgan fingerprint density at radius 2 is 2.33 bits per heavy atom. The fraction of sp³-hybridized carbons (Fsp3) is 0.500. The molecule has 1 amide bonds. The summed E-state index contributed by atoms with van der Waals surface area (Å²) >= 11 is 0. The molecule has 1 aliphatic rings. The molecule has 1 aliphatic heterocycles. The summed E-state index contributed by atoms with van der Waals surface area (Å²) in [5.41, 5.74) is 2.79. The number of carbonyl (C=O) groups is 1. The number of carbonyl (C=O) groups excluding carboxylic acids is 1. The summed E-state index contributed by atoms with van der Waals surface area (Å²) < 4.78 is 1.76. The Morgan fingerprint density at radius 3 is 3.00 bits per heavy atom. The summed E-state index contributed by atoms with van der Waals surface area (Å²) in [7, 11) is 1.86. The molecule has 0 fully saturated rings. The summed E-state index contributed by atoms with van der Waals surface area (Å²) in [5, 5.41) is 6.90. The molecule has 1 aromatic rings. The number of aryl methyl sites for hydroxylation is 1. The van der Waals surface area contributed by atoms with Crippen LogP contribution in [0.25, 0.3) is 0 Å². The van der Waals surface area contributed by atoms with Gasteiger partial charge in [-0.15, -0.1) is 0 Å². The van der Waals surface area contributed by atoms with Gasteiger partial charge in [-0.1, -0.05) is 0 Å². The van der Waals surface area contributed by atoms with E-state index < -0.39 is 0 Å². The van der Waals surface area contributed by atoms with Crippen LogP contribution in [0.1, 0.15) is 21.7 Å². The summed E-state index contributed by atoms with van der Waals surface area (Å²) in [5.74, 6) is -0.0417. The number of fused-ring (bicyclic) bond motifs is 1. The van der Waals surface area contributed by atoms with E-state index >= 15 is 0 Å². The highest BCUT2D eigenvalue weighted by Gasteiger charge is 2.22. The largest absolute Gasteiger partial charge is 0.350 e. The molecule has 0 spiro atoms. The van der Waals surface area contributed by atoms with Crippen molar-refractivity contribution in [1.29, 1.82) is 0 Å². The minimum Gasteiger partial charge on any atom is -0.350 e. The van der Waals surface area contributed by atoms with E-state index in [2.05, 4.69) is 10.4 Å². The molecule has 0 atom stereocenters. The zero-order chi connectivity index (χ0) is 8.72. The number of amides is 1. The van der Waals surface area contributed by atoms with Gasteiger partial charge >= 0.3 is 0 Å². The van der Waals surface area contributed by atoms with Crippen molar-refractivity contribution in [2.75, 3.05) is 6.54 Å². The molecule has 4 nitrogen and oxygen atoms in total. The number of hydrogen-bond donors (Lipinski definition) is 1. The molecule has 12 heavy (non-hydrogen) atoms. The van der Waals surface area contributed by atoms with E-state index in [0.717, 1.165) is 24.2 Å². The summed E-state index contributed by atoms with van der Waals surface area (Å²) in [6.45, 7) is 2.72. The second kappa shape index (κ2) is 2.33. The van der Waals surface area contributed by atoms with Crippen LogP contribution < -0.4 is 5.32 Å². The van der Waals surface area contributed by atoms with Gasteiger partial charge in [0.05, 0.1) is 0 Å². The third-order valence-corrected chi connectivity index (χ3v) is 2.33. The van der Waals surface area contributed by atoms with Crippen molar-refractivity contribution < 1.29 is 4.79 Å². The summed E-state index contributed by atoms with van der Waals surface area (Å²) in [6, 6.07) is 0. The Labute approximate surface area is 70.6 Å². The molecular formula is C8H11N3O. The van der Waals surface area contributed by atoms with Crippen molar-refractivity contribution in [3.63, 3.8) is 0 Å². The van der Waals surface area contributed by atoms with E-state index in [1.807, 2.05) is 14.0 Å². The first-order valence-electron chi connectivity index (χ1n) is 4.01. The minimum atomic E-state index is -0.0417. The maximum Gasteiger partial charge on any atom is 0.272 e. The molecule has 0 bridgehead atoms. The lowest BCUT2D eigenvalue weighted by molar-refractivity contribution is 0.0940. The minimum absolute atomic E-state index is 0.0417. The van der Waals surface area contributed by atoms with E-state index in [4.69, 9.17) is 0 Å². The van der Waals surface area contributed by atoms with Gasteiger partial charge in [0, 0.05) is 24.8 Å². The van der Waals surface area contributed by atoms with E-state index in [-0.39, 0.29) is 5.91 Å². The molecule has 1 aromatic heterocycles. The van der Waals surface area contributed by atoms with Crippen molar-refractivity contribution in [2.24, 2.45) is 7.05 Å². The van der Waals surface area contributed by atoms with Crippen LogP contribution in [0.3, 0.4) is 0 Å². The maximum absolute atomic E-state index is 11.3. The van der Waals surface area contributed by atoms with Crippen LogP contribution >= 0.6 is 0 Å². The topological polar surface area (TPSA) is 46.9 Å². The number of aromatic nitrogens is 2. The highest BCUT2D eigenvalue weighted by atomic mass is 16.2. The first-order chi connectivity index (χ1) is 5.70. The maximum atomic E-state index is 11.3. The number of rotatable bonds is 0. The molecule has 0 unspecified atom stereocenters. The van der Waals surface area contributed by atoms with E-state index in [1.54, 1.807) is 4.68 Å². The predicted molar refractivity (Wildman–Crippen MR) is 44.0 cm³/mol. The third-order valence-electron chi connectivity index (χ3n) is 2.33. The van der Waals surface area contributed by atoms with Crippen LogP contribution in [0.15, 0.2) is 0 Å². The molecule has 0 saturated heterocycles. The fourth-order valence-electron chi connectivity index (χ4n) is 1.52. The van der Waals surface area contributed by atoms with Gasteiger partial charge in [0.15, 0.2) is 5.69 Å². The predicted octanol–water partition coefficient (Wildman–Crippen LogP) is 0.0144. The second-order valence-corrected chi connectivity index (χ2v) is 3.04. The molecule has 2 rings (SSSR count). The molecule has 0 saturated carbocycles. The Bertz CT molecular complexity index is 340. The number of nitrogens with one attached hydrogen (secondary N) is 1. The van der Waals surface area contributed by atoms with Gasteiger partial charge in [-0.3, -0.25) is 9.48 Å². The van der Waals surface area contributed by atoms with Gasteiger partial charge in [0.25, 0.3) is 5.91 Å². The van der Waals surface area contributed by atoms with Gasteiger partial charge in [-0.25, -0.2) is 0 Å². The van der Waals surface area contributed by atoms with Crippen LogP contribution in [-0.2, 0) is 13.5 Å². The Morgan fingerprint density at radius 1 is 1.58 bits per heavy atom. The molecule has 4 heteroatoms. The van der Waals surface area contributed by atoms with Crippen LogP contribution in [-0.4, -0.2) is 22.2 Å². The monoisotopic (exact) mass is 165 g/mol. The van der Waals surface area contributed by atoms with Gasteiger partial charge in [-0.05, 0) is 13.3 Å². The number of nitrogens with zero attached hydrogens (tertiary/aromatic N) is 2. The van der Waals surface area contributed by atoms with Gasteiger partial charge in [0.2, 0.25) is 0 Å². The number of hydrogen-bond acceptors (Lipinski definition) is 2. The fourth-order valence-corrected chi connectivity index (χ4v) is 1.52. The zero-order valence-electron chi connectivity index (χ0n) is 7.22. The molecule has 1 N–H and O–H groups in total. The third kappa shape index (κ3) is 0.841. The van der Waals surface area contributed by atoms with Crippen LogP contribution in [0, 0.1) is 6.92 Å². The van der Waals surface area contributed by atoms with Crippen molar-refractivity contribution >= 4 is 5.91 Å². The standard InChI is InChI=1S/C8H11N3O/c1-5-6-3-4-9-8(12)7(6)10-11(5)2/h3-4H2,1-2H3,(H,9,12). The Balaban J connectivity index is 2.60. The normalized spacial score (nSPS) is 15.7. The van der Waals surface area contributed by atoms with Gasteiger partial charge < -0.3 is 5.32 Å². The Hall–Kier alpha value is -1.32. The smallest absolute Gasteiger partial charge is 0.272 e. The van der Waals surface area contributed by atoms with Crippen molar-refractivity contribution in [3.8, 4) is 0 Å². The highest BCUT2D eigenvalue weighted by Crippen LogP contribution is 2.15. The summed E-state index contributed by atoms with van der Waals surface area (Å²) in [4.78, 5) is 11.3. The lowest BCUT2D eigenvalue weighted by Crippen LogP contribution is -2.31. The van der Waals surface area contributed by atoms with E-state index in [9.17, 15) is 4.79 Å². The molecule has 64 valence electrons. The van der Waals surface area contributed by atoms with E-state index in [1.165, 1.54) is 0 Å². The highest BCUT2D eigenvalue weighted by molar-refractivity contribution is 5.94. The molecule has 0 aromatic carbocycles. The van der Waals surface area contributed by atoms with Crippen molar-refractivity contribution in [1.82, 2.24) is 15.1 Å². The first-order valence-corrected chi connectivity index (χ1v) is 4.01. The lowest BCUT2D eigenvalue weighted by Gasteiger charge is -2.10. The molecule has 0 aliphatic carbocycles. The average molecular weight is 165 g/mol. The van der Waals surface area contributed by atoms with Crippen LogP contribution in [0.5, 0.6) is 0 Å². The van der Waals surface area contributed by atoms with E-state index in [0.29, 0.717) is 5.69 Å². The Kier molecular flexibility index (Phi) is 1.43.